The van der Waals surface area contributed by atoms with Gasteiger partial charge in [0.2, 0.25) is 5.91 Å². The number of hydrogen-bond donors (Lipinski definition) is 3. The Balaban J connectivity index is 0.00000171. The number of guanidine groups is 1. The summed E-state index contributed by atoms with van der Waals surface area (Å²) in [5, 5.41) is 5.43. The van der Waals surface area contributed by atoms with Crippen molar-refractivity contribution in [3.05, 3.63) is 59.8 Å². The molecule has 0 aliphatic carbocycles. The van der Waals surface area contributed by atoms with Gasteiger partial charge >= 0.3 is 5.97 Å². The Morgan fingerprint density at radius 2 is 1.89 bits per heavy atom. The van der Waals surface area contributed by atoms with E-state index in [1.165, 1.54) is 13.2 Å². The number of carbonyl (C=O) groups excluding carboxylic acids is 2. The lowest BCUT2D eigenvalue weighted by Crippen LogP contribution is -2.48. The largest absolute Gasteiger partial charge is 0.466 e. The first-order valence-corrected chi connectivity index (χ1v) is 8.74. The minimum absolute atomic E-state index is 0.0311. The second-order valence-corrected chi connectivity index (χ2v) is 5.19. The molecule has 1 atom stereocenters. The number of amides is 1. The number of halogens is 1. The van der Waals surface area contributed by atoms with Crippen LogP contribution in [0.4, 0.5) is 4.39 Å². The Labute approximate surface area is 165 Å². The number of benzene rings is 1. The zero-order valence-corrected chi connectivity index (χ0v) is 17.0. The summed E-state index contributed by atoms with van der Waals surface area (Å²) in [4.78, 5) is 28.1. The third-order valence-electron chi connectivity index (χ3n) is 3.62. The van der Waals surface area contributed by atoms with E-state index in [-0.39, 0.29) is 18.3 Å². The SMILES string of the molecule is CC.CF.CN/C=C(\C=C\C(=O)OC)C1(c2ccccc2)CC(=O)NC(N)=N1. The average Bonchev–Trinajstić information content (AvgIpc) is 2.73. The van der Waals surface area contributed by atoms with Crippen LogP contribution < -0.4 is 16.4 Å². The molecular formula is C20H29FN4O3. The molecule has 1 aromatic carbocycles. The molecule has 1 aromatic rings. The maximum atomic E-state index is 12.1. The van der Waals surface area contributed by atoms with Gasteiger partial charge in [-0.25, -0.2) is 9.79 Å². The number of alkyl halides is 1. The fourth-order valence-corrected chi connectivity index (χ4v) is 2.59. The van der Waals surface area contributed by atoms with Crippen LogP contribution in [0.15, 0.2) is 59.2 Å². The number of ether oxygens (including phenoxy) is 1. The van der Waals surface area contributed by atoms with Gasteiger partial charge < -0.3 is 15.8 Å². The van der Waals surface area contributed by atoms with Gasteiger partial charge in [-0.2, -0.15) is 0 Å². The normalized spacial score (nSPS) is 18.6. The molecule has 7 nitrogen and oxygen atoms in total. The lowest BCUT2D eigenvalue weighted by atomic mass is 9.79. The van der Waals surface area contributed by atoms with Gasteiger partial charge in [0.25, 0.3) is 0 Å². The first-order chi connectivity index (χ1) is 13.5. The summed E-state index contributed by atoms with van der Waals surface area (Å²) in [5.41, 5.74) is 6.18. The Morgan fingerprint density at radius 1 is 1.29 bits per heavy atom. The number of methoxy groups -OCH3 is 1. The summed E-state index contributed by atoms with van der Waals surface area (Å²) < 4.78 is 14.1. The fraction of sp³-hybridized carbons (Fsp3) is 0.350. The van der Waals surface area contributed by atoms with E-state index in [4.69, 9.17) is 5.73 Å². The van der Waals surface area contributed by atoms with E-state index < -0.39 is 11.5 Å². The van der Waals surface area contributed by atoms with Gasteiger partial charge in [0.15, 0.2) is 5.96 Å². The molecular weight excluding hydrogens is 363 g/mol. The quantitative estimate of drug-likeness (QED) is 0.405. The molecule has 0 saturated carbocycles. The van der Waals surface area contributed by atoms with Crippen molar-refractivity contribution in [3.8, 4) is 0 Å². The monoisotopic (exact) mass is 392 g/mol. The number of hydrogen-bond acceptors (Lipinski definition) is 6. The number of carbonyl (C=O) groups is 2. The molecule has 1 unspecified atom stereocenters. The Bertz CT molecular complexity index is 717. The highest BCUT2D eigenvalue weighted by Gasteiger charge is 2.40. The molecule has 8 heteroatoms. The first-order valence-electron chi connectivity index (χ1n) is 8.74. The van der Waals surface area contributed by atoms with Crippen molar-refractivity contribution < 1.29 is 18.7 Å². The predicted octanol–water partition coefficient (Wildman–Crippen LogP) is 2.16. The summed E-state index contributed by atoms with van der Waals surface area (Å²) in [7, 11) is 3.52. The third-order valence-corrected chi connectivity index (χ3v) is 3.62. The predicted molar refractivity (Wildman–Crippen MR) is 109 cm³/mol. The van der Waals surface area contributed by atoms with Crippen LogP contribution in [0, 0.1) is 0 Å². The Kier molecular flexibility index (Phi) is 11.6. The minimum Gasteiger partial charge on any atom is -0.466 e. The summed E-state index contributed by atoms with van der Waals surface area (Å²) in [6, 6.07) is 9.32. The van der Waals surface area contributed by atoms with Crippen molar-refractivity contribution in [1.82, 2.24) is 10.6 Å². The van der Waals surface area contributed by atoms with E-state index in [0.29, 0.717) is 12.8 Å². The van der Waals surface area contributed by atoms with Crippen molar-refractivity contribution in [2.75, 3.05) is 21.3 Å². The van der Waals surface area contributed by atoms with Crippen molar-refractivity contribution >= 4 is 17.8 Å². The van der Waals surface area contributed by atoms with E-state index in [1.807, 2.05) is 44.2 Å². The van der Waals surface area contributed by atoms with Crippen molar-refractivity contribution in [3.63, 3.8) is 0 Å². The number of esters is 1. The molecule has 0 spiro atoms. The number of rotatable bonds is 5. The van der Waals surface area contributed by atoms with Crippen LogP contribution in [0.2, 0.25) is 0 Å². The second kappa shape index (κ2) is 13.1. The van der Waals surface area contributed by atoms with Crippen LogP contribution in [-0.4, -0.2) is 39.2 Å². The molecule has 1 amide bonds. The lowest BCUT2D eigenvalue weighted by Gasteiger charge is -2.34. The van der Waals surface area contributed by atoms with Gasteiger partial charge in [-0.05, 0) is 11.6 Å². The maximum Gasteiger partial charge on any atom is 0.330 e. The van der Waals surface area contributed by atoms with Crippen LogP contribution in [0.25, 0.3) is 0 Å². The van der Waals surface area contributed by atoms with Crippen LogP contribution >= 0.6 is 0 Å². The highest BCUT2D eigenvalue weighted by Crippen LogP contribution is 2.39. The zero-order chi connectivity index (χ0) is 21.6. The summed E-state index contributed by atoms with van der Waals surface area (Å²) in [5.74, 6) is -0.721. The molecule has 0 radical (unpaired) electrons. The number of nitrogens with two attached hydrogens (primary N) is 1. The molecule has 0 bridgehead atoms. The van der Waals surface area contributed by atoms with E-state index in [0.717, 1.165) is 5.56 Å². The van der Waals surface area contributed by atoms with Crippen molar-refractivity contribution in [2.24, 2.45) is 10.7 Å². The van der Waals surface area contributed by atoms with Crippen LogP contribution in [0.1, 0.15) is 25.8 Å². The zero-order valence-electron chi connectivity index (χ0n) is 17.0. The second-order valence-electron chi connectivity index (χ2n) is 5.19. The van der Waals surface area contributed by atoms with Crippen molar-refractivity contribution in [2.45, 2.75) is 25.8 Å². The van der Waals surface area contributed by atoms with E-state index in [9.17, 15) is 14.0 Å². The molecule has 0 saturated heterocycles. The van der Waals surface area contributed by atoms with E-state index in [2.05, 4.69) is 20.4 Å². The van der Waals surface area contributed by atoms with Crippen LogP contribution in [0.5, 0.6) is 0 Å². The lowest BCUT2D eigenvalue weighted by molar-refractivity contribution is -0.134. The highest BCUT2D eigenvalue weighted by atomic mass is 19.1. The first kappa shape index (κ1) is 24.8. The topological polar surface area (TPSA) is 106 Å². The summed E-state index contributed by atoms with van der Waals surface area (Å²) in [6.07, 6.45) is 4.61. The number of nitrogens with one attached hydrogen (secondary N) is 2. The smallest absolute Gasteiger partial charge is 0.330 e. The molecule has 1 aliphatic rings. The number of nitrogens with zero attached hydrogens (tertiary/aromatic N) is 1. The van der Waals surface area contributed by atoms with Gasteiger partial charge in [0, 0.05) is 24.9 Å². The fourth-order valence-electron chi connectivity index (χ4n) is 2.59. The van der Waals surface area contributed by atoms with Gasteiger partial charge in [0.1, 0.15) is 5.54 Å². The van der Waals surface area contributed by atoms with Crippen LogP contribution in [-0.2, 0) is 19.9 Å². The summed E-state index contributed by atoms with van der Waals surface area (Å²) >= 11 is 0. The third kappa shape index (κ3) is 6.53. The molecule has 154 valence electrons. The average molecular weight is 392 g/mol. The van der Waals surface area contributed by atoms with Crippen molar-refractivity contribution in [1.29, 1.82) is 0 Å². The van der Waals surface area contributed by atoms with Gasteiger partial charge in [-0.3, -0.25) is 14.5 Å². The Morgan fingerprint density at radius 3 is 2.39 bits per heavy atom. The molecule has 2 rings (SSSR count). The molecule has 0 aromatic heterocycles. The molecule has 4 N–H and O–H groups in total. The number of aliphatic imine (C=N–C) groups is 1. The Hall–Kier alpha value is -3.16. The van der Waals surface area contributed by atoms with E-state index in [1.54, 1.807) is 19.3 Å². The van der Waals surface area contributed by atoms with Gasteiger partial charge in [-0.1, -0.05) is 44.2 Å². The van der Waals surface area contributed by atoms with Gasteiger partial charge in [0.05, 0.1) is 20.7 Å². The van der Waals surface area contributed by atoms with Crippen LogP contribution in [0.3, 0.4) is 0 Å². The molecule has 1 aliphatic heterocycles. The standard InChI is InChI=1S/C17H20N4O3.C2H6.CH3F/c1-19-11-13(8-9-15(23)24-2)17(12-6-4-3-5-7-12)10-14(22)20-16(18)21-17;2*1-2/h3-9,11,19H,10H2,1-2H3,(H3,18,20,21,22);1-2H3;1H3/b9-8+,13-11+;;. The highest BCUT2D eigenvalue weighted by molar-refractivity contribution is 5.99. The molecule has 28 heavy (non-hydrogen) atoms. The minimum atomic E-state index is -1.03. The van der Waals surface area contributed by atoms with E-state index >= 15 is 0 Å². The van der Waals surface area contributed by atoms with Gasteiger partial charge in [-0.15, -0.1) is 0 Å². The maximum absolute atomic E-state index is 12.1. The summed E-state index contributed by atoms with van der Waals surface area (Å²) in [6.45, 7) is 4.00. The molecule has 0 fully saturated rings. The molecule has 1 heterocycles.